The molecule has 1 saturated carbocycles. The van der Waals surface area contributed by atoms with Gasteiger partial charge >= 0.3 is 27.6 Å². The van der Waals surface area contributed by atoms with E-state index in [9.17, 15) is 48.8 Å². The highest BCUT2D eigenvalue weighted by Crippen LogP contribution is 2.49. The van der Waals surface area contributed by atoms with Crippen molar-refractivity contribution in [2.75, 3.05) is 13.2 Å². The van der Waals surface area contributed by atoms with Gasteiger partial charge in [0.15, 0.2) is 11.9 Å². The van der Waals surface area contributed by atoms with Gasteiger partial charge in [0, 0.05) is 19.3 Å². The molecule has 0 spiro atoms. The summed E-state index contributed by atoms with van der Waals surface area (Å²) < 4.78 is 49.2. The molecule has 1 aliphatic carbocycles. The number of ether oxygens (including phenoxy) is 2. The van der Waals surface area contributed by atoms with Gasteiger partial charge in [-0.05, 0) is 76.7 Å². The van der Waals surface area contributed by atoms with Crippen LogP contribution in [0, 0.1) is 0 Å². The summed E-state index contributed by atoms with van der Waals surface area (Å²) in [7, 11) is -10.7. The molecule has 0 aromatic heterocycles. The van der Waals surface area contributed by atoms with Crippen molar-refractivity contribution in [3.05, 3.63) is 72.9 Å². The van der Waals surface area contributed by atoms with Crippen LogP contribution in [0.4, 0.5) is 0 Å². The summed E-state index contributed by atoms with van der Waals surface area (Å²) in [6.07, 6.45) is 25.4. The van der Waals surface area contributed by atoms with Crippen molar-refractivity contribution in [1.82, 2.24) is 0 Å². The molecule has 0 bridgehead atoms. The lowest BCUT2D eigenvalue weighted by Gasteiger charge is -2.43. The highest BCUT2D eigenvalue weighted by Gasteiger charge is 2.54. The summed E-state index contributed by atoms with van der Waals surface area (Å²) in [5, 5.41) is 41.2. The van der Waals surface area contributed by atoms with Gasteiger partial charge in [-0.3, -0.25) is 28.0 Å². The summed E-state index contributed by atoms with van der Waals surface area (Å²) in [6, 6.07) is 0. The minimum Gasteiger partial charge on any atom is -0.462 e. The quantitative estimate of drug-likeness (QED) is 0.00770. The molecule has 19 heteroatoms. The average Bonchev–Trinajstić information content (AvgIpc) is 3.27. The number of phosphoric ester groups is 2. The van der Waals surface area contributed by atoms with Crippen LogP contribution in [0.1, 0.15) is 149 Å². The Morgan fingerprint density at radius 3 is 1.61 bits per heavy atom. The number of rotatable bonds is 38. The Morgan fingerprint density at radius 2 is 1.03 bits per heavy atom. The van der Waals surface area contributed by atoms with E-state index in [2.05, 4.69) is 54.8 Å². The Hall–Kier alpha value is -2.89. The Bertz CT molecular complexity index is 1620. The molecule has 1 aliphatic rings. The fourth-order valence-electron chi connectivity index (χ4n) is 6.53. The number of hydrogen-bond donors (Lipinski definition) is 7. The van der Waals surface area contributed by atoms with Crippen LogP contribution in [0.5, 0.6) is 0 Å². The van der Waals surface area contributed by atoms with E-state index in [1.807, 2.05) is 24.3 Å². The molecule has 378 valence electrons. The molecule has 0 aromatic rings. The van der Waals surface area contributed by atoms with Gasteiger partial charge in [-0.2, -0.15) is 0 Å². The summed E-state index contributed by atoms with van der Waals surface area (Å²) in [6.45, 7) is 2.87. The van der Waals surface area contributed by atoms with Gasteiger partial charge in [0.2, 0.25) is 0 Å². The summed E-state index contributed by atoms with van der Waals surface area (Å²) in [4.78, 5) is 66.3. The Kier molecular flexibility index (Phi) is 34.3. The predicted molar refractivity (Wildman–Crippen MR) is 251 cm³/mol. The number of phosphoric acid groups is 2. The third-order valence-corrected chi connectivity index (χ3v) is 11.7. The molecule has 0 aromatic carbocycles. The molecular weight excluding hydrogens is 898 g/mol. The van der Waals surface area contributed by atoms with E-state index in [1.165, 1.54) is 25.7 Å². The first-order valence-electron chi connectivity index (χ1n) is 23.4. The van der Waals surface area contributed by atoms with E-state index < -0.39 is 83.5 Å². The van der Waals surface area contributed by atoms with Crippen molar-refractivity contribution in [1.29, 1.82) is 0 Å². The second-order valence-corrected chi connectivity index (χ2v) is 18.7. The van der Waals surface area contributed by atoms with Gasteiger partial charge < -0.3 is 44.6 Å². The standard InChI is InChI=1S/C47H78O17P2/c1-3-5-7-9-11-12-13-14-15-16-17-18-19-20-22-26-31-35-41(50)62-39(36-60-40(49)34-30-27-23-25-29-33-38(48)32-28-24-21-10-8-6-4-2)37-61-66(58,59)64-47-44(53)42(51)43(52)46(45(47)54)63-65(55,56)57/h11-12,14-15,17-18,20-22,24,28,32,39,42-47,51-54H,3-10,13,16,19,23,25-27,29-31,33-37H2,1-2H3,(H,58,59)(H2,55,56,57)/b12-11-,15-14-,18-17-,22-20-,24-21-,32-28+/t39-,42?,43?,44?,45?,46-,47+/m1/s1. The van der Waals surface area contributed by atoms with Crippen molar-refractivity contribution >= 4 is 33.4 Å². The number of unbranched alkanes of at least 4 members (excludes halogenated alkanes) is 11. The molecule has 66 heavy (non-hydrogen) atoms. The molecule has 0 heterocycles. The topological polar surface area (TPSA) is 273 Å². The number of carbonyl (C=O) groups excluding carboxylic acids is 3. The fraction of sp³-hybridized carbons (Fsp3) is 0.681. The van der Waals surface area contributed by atoms with Crippen LogP contribution in [0.3, 0.4) is 0 Å². The van der Waals surface area contributed by atoms with Gasteiger partial charge in [0.25, 0.3) is 0 Å². The number of aliphatic hydroxyl groups is 4. The maximum Gasteiger partial charge on any atom is 0.472 e. The van der Waals surface area contributed by atoms with Gasteiger partial charge in [-0.25, -0.2) is 9.13 Å². The highest BCUT2D eigenvalue weighted by atomic mass is 31.2. The number of esters is 2. The third kappa shape index (κ3) is 31.2. The second-order valence-electron chi connectivity index (χ2n) is 16.2. The highest BCUT2D eigenvalue weighted by molar-refractivity contribution is 7.47. The largest absolute Gasteiger partial charge is 0.472 e. The molecule has 0 amide bonds. The lowest BCUT2D eigenvalue weighted by atomic mass is 9.85. The zero-order valence-corrected chi connectivity index (χ0v) is 40.6. The van der Waals surface area contributed by atoms with Gasteiger partial charge in [-0.15, -0.1) is 0 Å². The molecule has 1 rings (SSSR count). The van der Waals surface area contributed by atoms with E-state index in [0.29, 0.717) is 44.9 Å². The molecular formula is C47H78O17P2. The smallest absolute Gasteiger partial charge is 0.462 e. The molecule has 0 radical (unpaired) electrons. The van der Waals surface area contributed by atoms with E-state index in [4.69, 9.17) is 28.3 Å². The molecule has 5 unspecified atom stereocenters. The Morgan fingerprint density at radius 1 is 0.530 bits per heavy atom. The monoisotopic (exact) mass is 976 g/mol. The SMILES string of the molecule is CCCCC/C=C\C=C\C(=O)CCCCCCCC(=O)OC[C@H](COP(=O)(O)O[C@H]1C(O)C(O)C(O)[C@@H](OP(=O)(O)O)C1O)OC(=O)CCC/C=C\C/C=C\C/C=C\C/C=C\CCCCC. The van der Waals surface area contributed by atoms with Crippen LogP contribution < -0.4 is 0 Å². The first-order valence-corrected chi connectivity index (χ1v) is 26.5. The van der Waals surface area contributed by atoms with Crippen LogP contribution in [-0.2, 0) is 46.6 Å². The second kappa shape index (κ2) is 37.1. The van der Waals surface area contributed by atoms with E-state index in [1.54, 1.807) is 12.2 Å². The lowest BCUT2D eigenvalue weighted by Crippen LogP contribution is -2.64. The Balaban J connectivity index is 2.68. The van der Waals surface area contributed by atoms with Crippen molar-refractivity contribution in [3.63, 3.8) is 0 Å². The number of hydrogen-bond acceptors (Lipinski definition) is 14. The minimum absolute atomic E-state index is 0.0218. The molecule has 0 aliphatic heterocycles. The molecule has 1 fully saturated rings. The van der Waals surface area contributed by atoms with Crippen molar-refractivity contribution in [3.8, 4) is 0 Å². The zero-order chi connectivity index (χ0) is 49.1. The van der Waals surface area contributed by atoms with E-state index in [0.717, 1.165) is 51.4 Å². The van der Waals surface area contributed by atoms with Gasteiger partial charge in [0.05, 0.1) is 6.61 Å². The molecule has 7 N–H and O–H groups in total. The number of ketones is 1. The maximum atomic E-state index is 13.0. The maximum absolute atomic E-state index is 13.0. The lowest BCUT2D eigenvalue weighted by molar-refractivity contribution is -0.216. The van der Waals surface area contributed by atoms with Crippen molar-refractivity contribution in [2.24, 2.45) is 0 Å². The third-order valence-electron chi connectivity index (χ3n) is 10.2. The number of allylic oxidation sites excluding steroid dienone is 12. The molecule has 0 saturated heterocycles. The minimum atomic E-state index is -5.39. The number of carbonyl (C=O) groups is 3. The average molecular weight is 977 g/mol. The van der Waals surface area contributed by atoms with E-state index in [-0.39, 0.29) is 18.6 Å². The van der Waals surface area contributed by atoms with Crippen LogP contribution in [0.25, 0.3) is 0 Å². The van der Waals surface area contributed by atoms with Crippen LogP contribution in [0.2, 0.25) is 0 Å². The molecule has 8 atom stereocenters. The van der Waals surface area contributed by atoms with E-state index >= 15 is 0 Å². The van der Waals surface area contributed by atoms with Crippen LogP contribution >= 0.6 is 15.6 Å². The van der Waals surface area contributed by atoms with Crippen LogP contribution in [0.15, 0.2) is 72.9 Å². The van der Waals surface area contributed by atoms with Gasteiger partial charge in [-0.1, -0.05) is 126 Å². The van der Waals surface area contributed by atoms with Gasteiger partial charge in [0.1, 0.15) is 43.2 Å². The van der Waals surface area contributed by atoms with Crippen molar-refractivity contribution < 1.29 is 81.7 Å². The summed E-state index contributed by atoms with van der Waals surface area (Å²) in [5.74, 6) is -1.32. The first-order chi connectivity index (χ1) is 31.5. The normalized spacial score (nSPS) is 22.1. The zero-order valence-electron chi connectivity index (χ0n) is 38.8. The van der Waals surface area contributed by atoms with Crippen LogP contribution in [-0.4, -0.2) is 109 Å². The Labute approximate surface area is 391 Å². The summed E-state index contributed by atoms with van der Waals surface area (Å²) >= 11 is 0. The predicted octanol–water partition coefficient (Wildman–Crippen LogP) is 8.02. The fourth-order valence-corrected chi connectivity index (χ4v) is 8.07. The molecule has 17 nitrogen and oxygen atoms in total. The van der Waals surface area contributed by atoms with Crippen molar-refractivity contribution in [2.45, 2.75) is 191 Å². The number of aliphatic hydroxyl groups excluding tert-OH is 4. The summed E-state index contributed by atoms with van der Waals surface area (Å²) in [5.41, 5.74) is 0. The first kappa shape index (κ1) is 61.1.